The molecule has 2 aromatic heterocycles. The van der Waals surface area contributed by atoms with Crippen LogP contribution in [0.1, 0.15) is 11.3 Å². The van der Waals surface area contributed by atoms with E-state index in [2.05, 4.69) is 26.6 Å². The van der Waals surface area contributed by atoms with E-state index in [0.717, 1.165) is 16.7 Å². The van der Waals surface area contributed by atoms with Gasteiger partial charge in [0.15, 0.2) is 5.82 Å². The number of rotatable bonds is 7. The molecule has 0 fully saturated rings. The maximum atomic E-state index is 7.59. The fourth-order valence-corrected chi connectivity index (χ4v) is 4.00. The molecule has 0 aliphatic carbocycles. The average molecular weight is 343 g/mol. The highest BCUT2D eigenvalue weighted by Crippen LogP contribution is 2.24. The Kier molecular flexibility index (Phi) is 5.09. The number of fused-ring (bicyclic) bond motifs is 1. The van der Waals surface area contributed by atoms with Gasteiger partial charge in [-0.2, -0.15) is 5.10 Å². The van der Waals surface area contributed by atoms with E-state index in [0.29, 0.717) is 18.1 Å². The van der Waals surface area contributed by atoms with Crippen molar-refractivity contribution in [2.75, 3.05) is 0 Å². The van der Waals surface area contributed by atoms with Gasteiger partial charge in [0.1, 0.15) is 5.84 Å². The molecule has 3 rings (SSSR count). The lowest BCUT2D eigenvalue weighted by molar-refractivity contribution is 1.09. The van der Waals surface area contributed by atoms with Crippen molar-refractivity contribution in [2.45, 2.75) is 17.4 Å². The Balaban J connectivity index is 1.66. The molecule has 0 aliphatic rings. The number of nitrogens with zero attached hydrogens (tertiary/aromatic N) is 2. The molecule has 1 atom stereocenters. The van der Waals surface area contributed by atoms with E-state index in [4.69, 9.17) is 11.1 Å². The van der Waals surface area contributed by atoms with Gasteiger partial charge >= 0.3 is 0 Å². The Labute approximate surface area is 142 Å². The molecule has 1 aromatic carbocycles. The highest BCUT2D eigenvalue weighted by Gasteiger charge is 2.11. The minimum absolute atomic E-state index is 0.0195. The summed E-state index contributed by atoms with van der Waals surface area (Å²) in [6.07, 6.45) is 1.98. The number of nitrogens with one attached hydrogen (secondary N) is 2. The monoisotopic (exact) mass is 343 g/mol. The van der Waals surface area contributed by atoms with Crippen LogP contribution in [0.25, 0.3) is 10.9 Å². The van der Waals surface area contributed by atoms with Crippen molar-refractivity contribution in [1.29, 1.82) is 5.41 Å². The van der Waals surface area contributed by atoms with Gasteiger partial charge in [-0.15, -0.1) is 23.1 Å². The molecule has 2 heterocycles. The van der Waals surface area contributed by atoms with Gasteiger partial charge < -0.3 is 11.1 Å². The molecule has 5 nitrogen and oxygen atoms in total. The fourth-order valence-electron chi connectivity index (χ4n) is 2.17. The van der Waals surface area contributed by atoms with Crippen molar-refractivity contribution in [3.05, 3.63) is 46.7 Å². The molecular weight excluding hydrogens is 326 g/mol. The van der Waals surface area contributed by atoms with Crippen molar-refractivity contribution < 1.29 is 0 Å². The Morgan fingerprint density at radius 2 is 2.26 bits per heavy atom. The summed E-state index contributed by atoms with van der Waals surface area (Å²) in [5.41, 5.74) is 7.00. The highest BCUT2D eigenvalue weighted by atomic mass is 32.2. The van der Waals surface area contributed by atoms with Crippen molar-refractivity contribution in [1.82, 2.24) is 10.2 Å². The number of aliphatic imine (C=N–C) groups is 1. The van der Waals surface area contributed by atoms with E-state index in [-0.39, 0.29) is 5.25 Å². The fraction of sp³-hybridized carbons (Fsp3) is 0.188. The second-order valence-electron chi connectivity index (χ2n) is 5.00. The minimum atomic E-state index is 0.0195. The van der Waals surface area contributed by atoms with Crippen LogP contribution in [0.4, 0.5) is 5.82 Å². The van der Waals surface area contributed by atoms with Crippen molar-refractivity contribution in [3.63, 3.8) is 0 Å². The quantitative estimate of drug-likeness (QED) is 0.448. The number of thioether (sulfide) groups is 1. The minimum Gasteiger partial charge on any atom is -0.387 e. The van der Waals surface area contributed by atoms with Crippen LogP contribution in [0.3, 0.4) is 0 Å². The van der Waals surface area contributed by atoms with E-state index < -0.39 is 0 Å². The maximum absolute atomic E-state index is 7.59. The SMILES string of the molecule is N=CC(CC(N)=Nc1n[nH]c2ccccc12)SCc1cccs1. The predicted molar refractivity (Wildman–Crippen MR) is 100 cm³/mol. The number of para-hydroxylation sites is 1. The predicted octanol–water partition coefficient (Wildman–Crippen LogP) is 3.95. The van der Waals surface area contributed by atoms with Gasteiger partial charge in [-0.25, -0.2) is 4.99 Å². The summed E-state index contributed by atoms with van der Waals surface area (Å²) in [6, 6.07) is 12.0. The standard InChI is InChI=1S/C16H17N5S2/c17-9-12(23-10-11-4-3-7-22-11)8-15(18)19-16-13-5-1-2-6-14(13)20-21-16/h1-7,9,12,17H,8,10H2,(H3,18,19,20,21). The van der Waals surface area contributed by atoms with Gasteiger partial charge in [-0.05, 0) is 23.6 Å². The summed E-state index contributed by atoms with van der Waals surface area (Å²) >= 11 is 3.43. The van der Waals surface area contributed by atoms with E-state index in [1.807, 2.05) is 30.3 Å². The van der Waals surface area contributed by atoms with Gasteiger partial charge in [-0.3, -0.25) is 5.10 Å². The lowest BCUT2D eigenvalue weighted by Crippen LogP contribution is -2.19. The summed E-state index contributed by atoms with van der Waals surface area (Å²) < 4.78 is 0. The Hall–Kier alpha value is -2.12. The first-order chi connectivity index (χ1) is 11.3. The zero-order valence-corrected chi connectivity index (χ0v) is 14.0. The number of amidine groups is 1. The number of benzene rings is 1. The number of aromatic amines is 1. The molecule has 0 saturated heterocycles. The highest BCUT2D eigenvalue weighted by molar-refractivity contribution is 7.99. The van der Waals surface area contributed by atoms with E-state index >= 15 is 0 Å². The average Bonchev–Trinajstić information content (AvgIpc) is 3.22. The van der Waals surface area contributed by atoms with Crippen LogP contribution in [0.2, 0.25) is 0 Å². The van der Waals surface area contributed by atoms with Gasteiger partial charge in [0.25, 0.3) is 0 Å². The van der Waals surface area contributed by atoms with Crippen LogP contribution in [0, 0.1) is 5.41 Å². The Bertz CT molecular complexity index is 807. The number of nitrogens with two attached hydrogens (primary N) is 1. The van der Waals surface area contributed by atoms with Crippen molar-refractivity contribution in [3.8, 4) is 0 Å². The Morgan fingerprint density at radius 3 is 3.04 bits per heavy atom. The van der Waals surface area contributed by atoms with Crippen LogP contribution in [0.15, 0.2) is 46.8 Å². The number of hydrogen-bond acceptors (Lipinski definition) is 5. The van der Waals surface area contributed by atoms with Crippen LogP contribution in [-0.2, 0) is 5.75 Å². The molecule has 0 aliphatic heterocycles. The summed E-state index contributed by atoms with van der Waals surface area (Å²) in [7, 11) is 0. The number of hydrogen-bond donors (Lipinski definition) is 3. The van der Waals surface area contributed by atoms with Crippen molar-refractivity contribution >= 4 is 51.9 Å². The number of H-pyrrole nitrogens is 1. The molecule has 118 valence electrons. The first kappa shape index (κ1) is 15.8. The molecule has 1 unspecified atom stereocenters. The zero-order valence-electron chi connectivity index (χ0n) is 12.4. The van der Waals surface area contributed by atoms with E-state index in [1.165, 1.54) is 11.1 Å². The van der Waals surface area contributed by atoms with E-state index in [1.54, 1.807) is 23.1 Å². The van der Waals surface area contributed by atoms with E-state index in [9.17, 15) is 0 Å². The first-order valence-electron chi connectivity index (χ1n) is 7.17. The second-order valence-corrected chi connectivity index (χ2v) is 7.26. The molecular formula is C16H17N5S2. The molecule has 0 saturated carbocycles. The topological polar surface area (TPSA) is 90.9 Å². The summed E-state index contributed by atoms with van der Waals surface area (Å²) in [5.74, 6) is 1.98. The molecule has 0 radical (unpaired) electrons. The third-order valence-corrected chi connectivity index (χ3v) is 5.58. The van der Waals surface area contributed by atoms with Crippen molar-refractivity contribution in [2.24, 2.45) is 10.7 Å². The molecule has 23 heavy (non-hydrogen) atoms. The third kappa shape index (κ3) is 4.00. The molecule has 7 heteroatoms. The molecule has 3 aromatic rings. The molecule has 0 spiro atoms. The first-order valence-corrected chi connectivity index (χ1v) is 9.10. The number of thiophene rings is 1. The van der Waals surface area contributed by atoms with Crippen LogP contribution in [-0.4, -0.2) is 27.5 Å². The van der Waals surface area contributed by atoms with Gasteiger partial charge in [-0.1, -0.05) is 18.2 Å². The molecule has 4 N–H and O–H groups in total. The smallest absolute Gasteiger partial charge is 0.183 e. The second kappa shape index (κ2) is 7.43. The van der Waals surface area contributed by atoms with Crippen LogP contribution >= 0.6 is 23.1 Å². The number of aromatic nitrogens is 2. The largest absolute Gasteiger partial charge is 0.387 e. The molecule has 0 bridgehead atoms. The van der Waals surface area contributed by atoms with Crippen LogP contribution in [0.5, 0.6) is 0 Å². The summed E-state index contributed by atoms with van der Waals surface area (Å²) in [5, 5.41) is 17.8. The Morgan fingerprint density at radius 1 is 1.39 bits per heavy atom. The lowest BCUT2D eigenvalue weighted by Gasteiger charge is -2.10. The summed E-state index contributed by atoms with van der Waals surface area (Å²) in [6.45, 7) is 0. The van der Waals surface area contributed by atoms with Gasteiger partial charge in [0.2, 0.25) is 0 Å². The maximum Gasteiger partial charge on any atom is 0.183 e. The lowest BCUT2D eigenvalue weighted by atomic mass is 10.2. The third-order valence-electron chi connectivity index (χ3n) is 3.32. The van der Waals surface area contributed by atoms with Gasteiger partial charge in [0.05, 0.1) is 5.52 Å². The zero-order chi connectivity index (χ0) is 16.1. The van der Waals surface area contributed by atoms with Gasteiger partial charge in [0, 0.05) is 33.9 Å². The molecule has 0 amide bonds. The normalized spacial score (nSPS) is 13.3. The van der Waals surface area contributed by atoms with Crippen LogP contribution < -0.4 is 5.73 Å². The summed E-state index contributed by atoms with van der Waals surface area (Å²) in [4.78, 5) is 5.72.